The van der Waals surface area contributed by atoms with Gasteiger partial charge in [-0.15, -0.1) is 23.5 Å². The summed E-state index contributed by atoms with van der Waals surface area (Å²) in [6.07, 6.45) is 0. The van der Waals surface area contributed by atoms with Crippen molar-refractivity contribution in [2.75, 3.05) is 18.1 Å². The molecule has 1 unspecified atom stereocenters. The molecule has 120 valence electrons. The fourth-order valence-electron chi connectivity index (χ4n) is 2.59. The maximum atomic E-state index is 12.3. The first-order valence-electron chi connectivity index (χ1n) is 7.90. The fraction of sp³-hybridized carbons (Fsp3) is 0.316. The van der Waals surface area contributed by atoms with Crippen LogP contribution >= 0.6 is 23.5 Å². The summed E-state index contributed by atoms with van der Waals surface area (Å²) in [5.41, 5.74) is 3.30. The molecule has 2 nitrogen and oxygen atoms in total. The minimum Gasteiger partial charge on any atom is -0.351 e. The number of hydrogen-bond donors (Lipinski definition) is 1. The van der Waals surface area contributed by atoms with Gasteiger partial charge >= 0.3 is 0 Å². The molecule has 4 heteroatoms. The summed E-state index contributed by atoms with van der Waals surface area (Å²) in [4.78, 5) is 12.3. The van der Waals surface area contributed by atoms with Gasteiger partial charge in [-0.3, -0.25) is 4.79 Å². The monoisotopic (exact) mass is 343 g/mol. The molecular formula is C19H21NOS2. The van der Waals surface area contributed by atoms with Crippen molar-refractivity contribution in [2.24, 2.45) is 0 Å². The normalized spacial score (nSPS) is 16.2. The average molecular weight is 344 g/mol. The summed E-state index contributed by atoms with van der Waals surface area (Å²) in [5, 5.41) is 3.04. The Kier molecular flexibility index (Phi) is 5.68. The Morgan fingerprint density at radius 3 is 2.39 bits per heavy atom. The summed E-state index contributed by atoms with van der Waals surface area (Å²) in [6.45, 7) is 2.78. The molecule has 2 aromatic carbocycles. The van der Waals surface area contributed by atoms with E-state index in [0.717, 1.165) is 5.56 Å². The number of amides is 1. The molecule has 1 N–H and O–H groups in total. The van der Waals surface area contributed by atoms with Crippen molar-refractivity contribution in [3.8, 4) is 0 Å². The van der Waals surface area contributed by atoms with E-state index in [1.807, 2.05) is 53.9 Å². The van der Waals surface area contributed by atoms with Gasteiger partial charge in [0, 0.05) is 23.6 Å². The number of carbonyl (C=O) groups is 1. The van der Waals surface area contributed by atoms with Gasteiger partial charge in [-0.25, -0.2) is 0 Å². The van der Waals surface area contributed by atoms with Gasteiger partial charge in [-0.05, 0) is 29.2 Å². The quantitative estimate of drug-likeness (QED) is 0.853. The highest BCUT2D eigenvalue weighted by Gasteiger charge is 2.18. The molecule has 23 heavy (non-hydrogen) atoms. The molecule has 1 amide bonds. The largest absolute Gasteiger partial charge is 0.351 e. The van der Waals surface area contributed by atoms with Crippen molar-refractivity contribution in [1.29, 1.82) is 0 Å². The van der Waals surface area contributed by atoms with Gasteiger partial charge in [0.05, 0.1) is 4.58 Å². The van der Waals surface area contributed by atoms with Crippen LogP contribution in [-0.2, 0) is 0 Å². The molecule has 2 aromatic rings. The summed E-state index contributed by atoms with van der Waals surface area (Å²) in [6, 6.07) is 18.3. The van der Waals surface area contributed by atoms with Crippen molar-refractivity contribution >= 4 is 29.4 Å². The van der Waals surface area contributed by atoms with E-state index in [4.69, 9.17) is 0 Å². The maximum Gasteiger partial charge on any atom is 0.251 e. The first-order valence-corrected chi connectivity index (χ1v) is 10.00. The first kappa shape index (κ1) is 16.5. The Hall–Kier alpha value is -1.39. The van der Waals surface area contributed by atoms with Crippen molar-refractivity contribution in [3.05, 3.63) is 71.3 Å². The second kappa shape index (κ2) is 7.93. The minimum atomic E-state index is 0.00561. The van der Waals surface area contributed by atoms with Crippen LogP contribution in [0.2, 0.25) is 0 Å². The Morgan fingerprint density at radius 2 is 1.74 bits per heavy atom. The van der Waals surface area contributed by atoms with Crippen molar-refractivity contribution < 1.29 is 4.79 Å². The van der Waals surface area contributed by atoms with Crippen LogP contribution in [0.1, 0.15) is 38.9 Å². The van der Waals surface area contributed by atoms with Crippen LogP contribution in [-0.4, -0.2) is 24.0 Å². The molecule has 3 rings (SSSR count). The lowest BCUT2D eigenvalue weighted by Gasteiger charge is -2.13. The summed E-state index contributed by atoms with van der Waals surface area (Å²) in [5.74, 6) is 2.75. The van der Waals surface area contributed by atoms with Gasteiger partial charge in [-0.2, -0.15) is 0 Å². The molecule has 1 heterocycles. The number of hydrogen-bond acceptors (Lipinski definition) is 3. The van der Waals surface area contributed by atoms with E-state index >= 15 is 0 Å². The van der Waals surface area contributed by atoms with Gasteiger partial charge in [0.1, 0.15) is 0 Å². The SMILES string of the molecule is CC(CNC(=O)c1ccc(C2SCCS2)cc1)c1ccccc1. The summed E-state index contributed by atoms with van der Waals surface area (Å²) in [7, 11) is 0. The zero-order valence-corrected chi connectivity index (χ0v) is 14.8. The van der Waals surface area contributed by atoms with Crippen LogP contribution in [0.4, 0.5) is 0 Å². The molecule has 1 saturated heterocycles. The van der Waals surface area contributed by atoms with Crippen molar-refractivity contribution in [3.63, 3.8) is 0 Å². The highest BCUT2D eigenvalue weighted by molar-refractivity contribution is 8.19. The highest BCUT2D eigenvalue weighted by Crippen LogP contribution is 2.45. The second-order valence-corrected chi connectivity index (χ2v) is 8.44. The topological polar surface area (TPSA) is 29.1 Å². The number of rotatable bonds is 5. The van der Waals surface area contributed by atoms with E-state index in [2.05, 4.69) is 36.5 Å². The van der Waals surface area contributed by atoms with E-state index in [0.29, 0.717) is 17.0 Å². The van der Waals surface area contributed by atoms with Gasteiger partial charge in [-0.1, -0.05) is 49.4 Å². The third-order valence-corrected chi connectivity index (χ3v) is 7.11. The van der Waals surface area contributed by atoms with E-state index in [1.165, 1.54) is 22.6 Å². The lowest BCUT2D eigenvalue weighted by Crippen LogP contribution is -2.27. The molecule has 0 bridgehead atoms. The lowest BCUT2D eigenvalue weighted by molar-refractivity contribution is 0.0951. The molecule has 0 spiro atoms. The highest BCUT2D eigenvalue weighted by atomic mass is 32.2. The molecular weight excluding hydrogens is 322 g/mol. The lowest BCUT2D eigenvalue weighted by atomic mass is 10.0. The smallest absolute Gasteiger partial charge is 0.251 e. The van der Waals surface area contributed by atoms with E-state index in [-0.39, 0.29) is 5.91 Å². The molecule has 1 atom stereocenters. The predicted octanol–water partition coefficient (Wildman–Crippen LogP) is 4.70. The Morgan fingerprint density at radius 1 is 1.09 bits per heavy atom. The van der Waals surface area contributed by atoms with E-state index < -0.39 is 0 Å². The van der Waals surface area contributed by atoms with Gasteiger partial charge in [0.15, 0.2) is 0 Å². The molecule has 1 aliphatic rings. The fourth-order valence-corrected chi connectivity index (χ4v) is 5.45. The number of thioether (sulfide) groups is 2. The predicted molar refractivity (Wildman–Crippen MR) is 101 cm³/mol. The zero-order chi connectivity index (χ0) is 16.1. The Bertz CT molecular complexity index is 636. The second-order valence-electron chi connectivity index (χ2n) is 5.72. The third-order valence-electron chi connectivity index (χ3n) is 4.00. The first-order chi connectivity index (χ1) is 11.2. The van der Waals surface area contributed by atoms with Crippen LogP contribution in [0.3, 0.4) is 0 Å². The standard InChI is InChI=1S/C19H21NOS2/c1-14(15-5-3-2-4-6-15)13-20-18(21)16-7-9-17(10-8-16)19-22-11-12-23-19/h2-10,14,19H,11-13H2,1H3,(H,20,21). The van der Waals surface area contributed by atoms with Crippen LogP contribution in [0.15, 0.2) is 54.6 Å². The van der Waals surface area contributed by atoms with E-state index in [9.17, 15) is 4.79 Å². The van der Waals surface area contributed by atoms with Gasteiger partial charge < -0.3 is 5.32 Å². The van der Waals surface area contributed by atoms with Gasteiger partial charge in [0.2, 0.25) is 0 Å². The van der Waals surface area contributed by atoms with Crippen LogP contribution in [0, 0.1) is 0 Å². The average Bonchev–Trinajstić information content (AvgIpc) is 3.15. The number of nitrogens with one attached hydrogen (secondary N) is 1. The number of carbonyl (C=O) groups excluding carboxylic acids is 1. The maximum absolute atomic E-state index is 12.3. The van der Waals surface area contributed by atoms with Crippen LogP contribution in [0.25, 0.3) is 0 Å². The van der Waals surface area contributed by atoms with E-state index in [1.54, 1.807) is 0 Å². The Labute approximate surface area is 146 Å². The van der Waals surface area contributed by atoms with Crippen molar-refractivity contribution in [1.82, 2.24) is 5.32 Å². The number of benzene rings is 2. The summed E-state index contributed by atoms with van der Waals surface area (Å²) < 4.78 is 0.533. The summed E-state index contributed by atoms with van der Waals surface area (Å²) >= 11 is 3.97. The molecule has 0 radical (unpaired) electrons. The van der Waals surface area contributed by atoms with Crippen LogP contribution < -0.4 is 5.32 Å². The van der Waals surface area contributed by atoms with Crippen molar-refractivity contribution in [2.45, 2.75) is 17.4 Å². The molecule has 1 fully saturated rings. The molecule has 1 aliphatic heterocycles. The third kappa shape index (κ3) is 4.33. The molecule has 0 saturated carbocycles. The minimum absolute atomic E-state index is 0.00561. The zero-order valence-electron chi connectivity index (χ0n) is 13.2. The van der Waals surface area contributed by atoms with Crippen LogP contribution in [0.5, 0.6) is 0 Å². The molecule has 0 aromatic heterocycles. The van der Waals surface area contributed by atoms with Gasteiger partial charge in [0.25, 0.3) is 5.91 Å². The Balaban J connectivity index is 1.55. The molecule has 0 aliphatic carbocycles.